The zero-order valence-corrected chi connectivity index (χ0v) is 21.2. The molecule has 0 atom stereocenters. The number of benzene rings is 2. The van der Waals surface area contributed by atoms with Gasteiger partial charge in [-0.2, -0.15) is 5.90 Å². The van der Waals surface area contributed by atoms with Crippen molar-refractivity contribution in [3.63, 3.8) is 0 Å². The summed E-state index contributed by atoms with van der Waals surface area (Å²) >= 11 is 0. The van der Waals surface area contributed by atoms with Gasteiger partial charge in [0.05, 0.1) is 6.10 Å². The Morgan fingerprint density at radius 1 is 1.03 bits per heavy atom. The molecular formula is C27H34N4O5. The van der Waals surface area contributed by atoms with E-state index in [2.05, 4.69) is 15.6 Å². The van der Waals surface area contributed by atoms with Gasteiger partial charge in [0, 0.05) is 29.3 Å². The van der Waals surface area contributed by atoms with Gasteiger partial charge in [-0.05, 0) is 63.8 Å². The topological polar surface area (TPSA) is 117 Å². The second kappa shape index (κ2) is 13.3. The fraction of sp³-hybridized carbons (Fsp3) is 0.370. The molecule has 1 amide bonds. The first-order valence-electron chi connectivity index (χ1n) is 12.0. The van der Waals surface area contributed by atoms with Gasteiger partial charge < -0.3 is 24.6 Å². The molecule has 0 heterocycles. The molecule has 1 fully saturated rings. The standard InChI is InChI=1S/C27H34N4O5/c1-5-34-31-25(27(32)29-3)22-12-8-9-13-23(22)26(36-28)18(2)24(30-33-4)19-14-16-21(17-15-19)35-20-10-6-7-11-20/h8-9,12-17,20H,5-7,10-11,28H2,1-4H3,(H,29,32)/b26-18-,30-24+,31-25-. The molecule has 0 bridgehead atoms. The number of oxime groups is 2. The molecule has 192 valence electrons. The van der Waals surface area contributed by atoms with E-state index in [-0.39, 0.29) is 11.8 Å². The van der Waals surface area contributed by atoms with Gasteiger partial charge in [0.2, 0.25) is 0 Å². The molecule has 36 heavy (non-hydrogen) atoms. The van der Waals surface area contributed by atoms with Crippen LogP contribution in [0.2, 0.25) is 0 Å². The Morgan fingerprint density at radius 3 is 2.28 bits per heavy atom. The summed E-state index contributed by atoms with van der Waals surface area (Å²) in [6, 6.07) is 14.8. The van der Waals surface area contributed by atoms with Crippen molar-refractivity contribution in [1.29, 1.82) is 0 Å². The summed E-state index contributed by atoms with van der Waals surface area (Å²) in [5.74, 6) is 6.48. The van der Waals surface area contributed by atoms with Gasteiger partial charge in [-0.1, -0.05) is 34.6 Å². The number of rotatable bonds is 11. The Morgan fingerprint density at radius 2 is 1.69 bits per heavy atom. The highest BCUT2D eigenvalue weighted by atomic mass is 16.6. The van der Waals surface area contributed by atoms with Crippen molar-refractivity contribution in [2.24, 2.45) is 16.2 Å². The molecule has 9 nitrogen and oxygen atoms in total. The Hall–Kier alpha value is -3.85. The van der Waals surface area contributed by atoms with Crippen LogP contribution in [0.5, 0.6) is 5.75 Å². The Bertz CT molecular complexity index is 1120. The molecule has 0 unspecified atom stereocenters. The molecule has 0 spiro atoms. The van der Waals surface area contributed by atoms with Gasteiger partial charge in [-0.25, -0.2) is 0 Å². The maximum Gasteiger partial charge on any atom is 0.273 e. The maximum atomic E-state index is 12.6. The zero-order valence-electron chi connectivity index (χ0n) is 21.2. The highest BCUT2D eigenvalue weighted by molar-refractivity contribution is 6.45. The summed E-state index contributed by atoms with van der Waals surface area (Å²) in [6.45, 7) is 3.91. The van der Waals surface area contributed by atoms with Crippen LogP contribution < -0.4 is 16.0 Å². The van der Waals surface area contributed by atoms with Crippen LogP contribution in [-0.4, -0.2) is 44.2 Å². The number of hydrogen-bond acceptors (Lipinski definition) is 8. The van der Waals surface area contributed by atoms with E-state index in [1.807, 2.05) is 37.3 Å². The molecule has 1 saturated carbocycles. The minimum absolute atomic E-state index is 0.0935. The minimum atomic E-state index is -0.409. The van der Waals surface area contributed by atoms with Gasteiger partial charge >= 0.3 is 0 Å². The monoisotopic (exact) mass is 494 g/mol. The molecule has 2 aromatic carbocycles. The lowest BCUT2D eigenvalue weighted by Gasteiger charge is -2.17. The number of hydrogen-bond donors (Lipinski definition) is 2. The molecule has 2 aromatic rings. The number of ether oxygens (including phenoxy) is 1. The predicted molar refractivity (Wildman–Crippen MR) is 139 cm³/mol. The van der Waals surface area contributed by atoms with Crippen LogP contribution in [0.4, 0.5) is 0 Å². The van der Waals surface area contributed by atoms with Gasteiger partial charge in [0.1, 0.15) is 25.2 Å². The number of amides is 1. The average Bonchev–Trinajstić information content (AvgIpc) is 3.42. The summed E-state index contributed by atoms with van der Waals surface area (Å²) < 4.78 is 6.09. The normalized spacial score (nSPS) is 15.2. The first-order chi connectivity index (χ1) is 17.5. The van der Waals surface area contributed by atoms with Crippen molar-refractivity contribution in [2.75, 3.05) is 20.8 Å². The lowest BCUT2D eigenvalue weighted by Crippen LogP contribution is -2.29. The Balaban J connectivity index is 2.03. The van der Waals surface area contributed by atoms with Crippen LogP contribution in [0.1, 0.15) is 56.2 Å². The summed E-state index contributed by atoms with van der Waals surface area (Å²) in [6.07, 6.45) is 4.85. The average molecular weight is 495 g/mol. The summed E-state index contributed by atoms with van der Waals surface area (Å²) in [5, 5.41) is 10.9. The van der Waals surface area contributed by atoms with Crippen molar-refractivity contribution in [2.45, 2.75) is 45.6 Å². The van der Waals surface area contributed by atoms with Crippen molar-refractivity contribution >= 4 is 23.1 Å². The number of nitrogens with one attached hydrogen (secondary N) is 1. The molecule has 0 aromatic heterocycles. The van der Waals surface area contributed by atoms with E-state index in [0.717, 1.165) is 24.2 Å². The maximum absolute atomic E-state index is 12.6. The third-order valence-corrected chi connectivity index (χ3v) is 5.88. The van der Waals surface area contributed by atoms with Gasteiger partial charge in [-0.15, -0.1) is 0 Å². The number of nitrogens with zero attached hydrogens (tertiary/aromatic N) is 2. The lowest BCUT2D eigenvalue weighted by atomic mass is 9.95. The third-order valence-electron chi connectivity index (χ3n) is 5.88. The van der Waals surface area contributed by atoms with Crippen LogP contribution in [0.25, 0.3) is 5.76 Å². The molecular weight excluding hydrogens is 460 g/mol. The number of likely N-dealkylation sites (N-methyl/N-ethyl adjacent to an activating group) is 1. The van der Waals surface area contributed by atoms with Crippen LogP contribution in [-0.2, 0) is 19.3 Å². The molecule has 3 rings (SSSR count). The van der Waals surface area contributed by atoms with E-state index in [0.29, 0.717) is 34.8 Å². The molecule has 0 radical (unpaired) electrons. The molecule has 3 N–H and O–H groups in total. The highest BCUT2D eigenvalue weighted by Gasteiger charge is 2.23. The first-order valence-corrected chi connectivity index (χ1v) is 12.0. The second-order valence-electron chi connectivity index (χ2n) is 8.23. The highest BCUT2D eigenvalue weighted by Crippen LogP contribution is 2.28. The number of carbonyl (C=O) groups excluding carboxylic acids is 1. The zero-order chi connectivity index (χ0) is 25.9. The van der Waals surface area contributed by atoms with E-state index in [1.54, 1.807) is 25.1 Å². The van der Waals surface area contributed by atoms with Crippen LogP contribution in [0.15, 0.2) is 64.4 Å². The first kappa shape index (κ1) is 26.7. The van der Waals surface area contributed by atoms with E-state index in [1.165, 1.54) is 27.0 Å². The predicted octanol–water partition coefficient (Wildman–Crippen LogP) is 4.17. The summed E-state index contributed by atoms with van der Waals surface area (Å²) in [7, 11) is 3.00. The summed E-state index contributed by atoms with van der Waals surface area (Å²) in [4.78, 5) is 28.3. The number of carbonyl (C=O) groups is 1. The molecule has 9 heteroatoms. The van der Waals surface area contributed by atoms with Gasteiger partial charge in [0.25, 0.3) is 5.91 Å². The second-order valence-corrected chi connectivity index (χ2v) is 8.23. The van der Waals surface area contributed by atoms with E-state index in [9.17, 15) is 4.79 Å². The minimum Gasteiger partial charge on any atom is -0.490 e. The summed E-state index contributed by atoms with van der Waals surface area (Å²) in [5.41, 5.74) is 3.03. The van der Waals surface area contributed by atoms with Gasteiger partial charge in [-0.3, -0.25) is 4.79 Å². The molecule has 0 saturated heterocycles. The molecule has 1 aliphatic rings. The largest absolute Gasteiger partial charge is 0.490 e. The fourth-order valence-corrected chi connectivity index (χ4v) is 4.13. The van der Waals surface area contributed by atoms with E-state index >= 15 is 0 Å². The number of nitrogens with two attached hydrogens (primary N) is 1. The van der Waals surface area contributed by atoms with Crippen molar-refractivity contribution in [1.82, 2.24) is 5.32 Å². The molecule has 1 aliphatic carbocycles. The van der Waals surface area contributed by atoms with Crippen molar-refractivity contribution < 1.29 is 24.0 Å². The van der Waals surface area contributed by atoms with E-state index < -0.39 is 5.91 Å². The van der Waals surface area contributed by atoms with Crippen LogP contribution in [0.3, 0.4) is 0 Å². The lowest BCUT2D eigenvalue weighted by molar-refractivity contribution is -0.114. The number of allylic oxidation sites excluding steroid dienone is 1. The smallest absolute Gasteiger partial charge is 0.273 e. The van der Waals surface area contributed by atoms with Crippen LogP contribution in [0, 0.1) is 0 Å². The SMILES string of the molecule is CCO/N=C(\C(=O)NC)c1ccccc1/C(ON)=C(C)/C(=N\OC)c1ccc(OC2CCCC2)cc1. The quantitative estimate of drug-likeness (QED) is 0.275. The van der Waals surface area contributed by atoms with Crippen molar-refractivity contribution in [3.05, 3.63) is 70.8 Å². The molecule has 0 aliphatic heterocycles. The fourth-order valence-electron chi connectivity index (χ4n) is 4.13. The third kappa shape index (κ3) is 6.42. The van der Waals surface area contributed by atoms with Crippen LogP contribution >= 0.6 is 0 Å². The Kier molecular flexibility index (Phi) is 9.88. The van der Waals surface area contributed by atoms with Crippen molar-refractivity contribution in [3.8, 4) is 5.75 Å². The van der Waals surface area contributed by atoms with E-state index in [4.69, 9.17) is 25.1 Å². The Labute approximate surface area is 211 Å². The van der Waals surface area contributed by atoms with Gasteiger partial charge in [0.15, 0.2) is 11.5 Å².